The van der Waals surface area contributed by atoms with Gasteiger partial charge in [-0.05, 0) is 39.4 Å². The Balaban J connectivity index is 2.03. The molecule has 0 aromatic carbocycles. The minimum atomic E-state index is 0.625. The molecule has 3 heteroatoms. The smallest absolute Gasteiger partial charge is 0.0618 e. The fourth-order valence-electron chi connectivity index (χ4n) is 2.06. The molecular weight excluding hydrogens is 186 g/mol. The molecule has 1 saturated heterocycles. The SMILES string of the molecule is CCc1cnc(C2CCN(C)CC2)cn1. The molecule has 0 saturated carbocycles. The summed E-state index contributed by atoms with van der Waals surface area (Å²) in [7, 11) is 2.18. The van der Waals surface area contributed by atoms with E-state index in [-0.39, 0.29) is 0 Å². The van der Waals surface area contributed by atoms with Crippen LogP contribution in [0.15, 0.2) is 12.4 Å². The van der Waals surface area contributed by atoms with Crippen molar-refractivity contribution >= 4 is 0 Å². The first-order valence-electron chi connectivity index (χ1n) is 5.79. The molecule has 0 atom stereocenters. The van der Waals surface area contributed by atoms with Gasteiger partial charge in [0.25, 0.3) is 0 Å². The van der Waals surface area contributed by atoms with Crippen molar-refractivity contribution in [2.45, 2.75) is 32.1 Å². The zero-order chi connectivity index (χ0) is 10.7. The van der Waals surface area contributed by atoms with Crippen LogP contribution in [0.1, 0.15) is 37.1 Å². The van der Waals surface area contributed by atoms with Crippen molar-refractivity contribution in [2.24, 2.45) is 0 Å². The van der Waals surface area contributed by atoms with E-state index in [1.54, 1.807) is 0 Å². The van der Waals surface area contributed by atoms with Crippen molar-refractivity contribution in [3.8, 4) is 0 Å². The Morgan fingerprint density at radius 2 is 2.00 bits per heavy atom. The van der Waals surface area contributed by atoms with E-state index in [9.17, 15) is 0 Å². The highest BCUT2D eigenvalue weighted by molar-refractivity contribution is 5.08. The van der Waals surface area contributed by atoms with E-state index in [1.807, 2.05) is 12.4 Å². The van der Waals surface area contributed by atoms with E-state index in [4.69, 9.17) is 0 Å². The summed E-state index contributed by atoms with van der Waals surface area (Å²) in [5, 5.41) is 0. The van der Waals surface area contributed by atoms with Crippen LogP contribution in [0.25, 0.3) is 0 Å². The standard InChI is InChI=1S/C12H19N3/c1-3-11-8-14-12(9-13-11)10-4-6-15(2)7-5-10/h8-10H,3-7H2,1-2H3. The summed E-state index contributed by atoms with van der Waals surface area (Å²) in [5.41, 5.74) is 2.27. The second kappa shape index (κ2) is 4.71. The zero-order valence-corrected chi connectivity index (χ0v) is 9.61. The molecule has 0 bridgehead atoms. The molecule has 1 aliphatic heterocycles. The topological polar surface area (TPSA) is 29.0 Å². The number of rotatable bonds is 2. The monoisotopic (exact) mass is 205 g/mol. The van der Waals surface area contributed by atoms with Crippen LogP contribution in [-0.4, -0.2) is 35.0 Å². The Bertz CT molecular complexity index is 299. The number of aromatic nitrogens is 2. The molecular formula is C12H19N3. The lowest BCUT2D eigenvalue weighted by molar-refractivity contribution is 0.253. The molecule has 0 spiro atoms. The van der Waals surface area contributed by atoms with Gasteiger partial charge in [0, 0.05) is 18.3 Å². The van der Waals surface area contributed by atoms with Gasteiger partial charge in [0.05, 0.1) is 11.4 Å². The van der Waals surface area contributed by atoms with Crippen LogP contribution in [-0.2, 0) is 6.42 Å². The Hall–Kier alpha value is -0.960. The first-order chi connectivity index (χ1) is 7.29. The van der Waals surface area contributed by atoms with E-state index in [1.165, 1.54) is 31.6 Å². The van der Waals surface area contributed by atoms with Gasteiger partial charge in [-0.2, -0.15) is 0 Å². The number of likely N-dealkylation sites (tertiary alicyclic amines) is 1. The fourth-order valence-corrected chi connectivity index (χ4v) is 2.06. The van der Waals surface area contributed by atoms with Gasteiger partial charge in [0.15, 0.2) is 0 Å². The summed E-state index contributed by atoms with van der Waals surface area (Å²) in [6.45, 7) is 4.48. The van der Waals surface area contributed by atoms with Crippen LogP contribution in [0.3, 0.4) is 0 Å². The number of hydrogen-bond acceptors (Lipinski definition) is 3. The minimum absolute atomic E-state index is 0.625. The zero-order valence-electron chi connectivity index (χ0n) is 9.61. The van der Waals surface area contributed by atoms with Gasteiger partial charge in [-0.15, -0.1) is 0 Å². The summed E-state index contributed by atoms with van der Waals surface area (Å²) in [6, 6.07) is 0. The minimum Gasteiger partial charge on any atom is -0.306 e. The molecule has 2 heterocycles. The number of piperidine rings is 1. The molecule has 0 unspecified atom stereocenters. The first-order valence-corrected chi connectivity index (χ1v) is 5.79. The Morgan fingerprint density at radius 3 is 2.53 bits per heavy atom. The van der Waals surface area contributed by atoms with Crippen molar-refractivity contribution in [3.05, 3.63) is 23.8 Å². The molecule has 1 aromatic heterocycles. The van der Waals surface area contributed by atoms with Gasteiger partial charge in [-0.1, -0.05) is 6.92 Å². The highest BCUT2D eigenvalue weighted by Crippen LogP contribution is 2.25. The van der Waals surface area contributed by atoms with Gasteiger partial charge < -0.3 is 4.90 Å². The Kier molecular flexibility index (Phi) is 3.31. The third-order valence-corrected chi connectivity index (χ3v) is 3.22. The Morgan fingerprint density at radius 1 is 1.27 bits per heavy atom. The maximum Gasteiger partial charge on any atom is 0.0618 e. The molecule has 1 fully saturated rings. The van der Waals surface area contributed by atoms with Crippen LogP contribution in [0, 0.1) is 0 Å². The molecule has 1 aliphatic rings. The van der Waals surface area contributed by atoms with Crippen LogP contribution in [0.5, 0.6) is 0 Å². The predicted octanol–water partition coefficient (Wildman–Crippen LogP) is 1.85. The van der Waals surface area contributed by atoms with Crippen LogP contribution >= 0.6 is 0 Å². The maximum atomic E-state index is 4.52. The molecule has 0 amide bonds. The molecule has 0 N–H and O–H groups in total. The summed E-state index contributed by atoms with van der Waals surface area (Å²) in [6.07, 6.45) is 7.30. The maximum absolute atomic E-state index is 4.52. The van der Waals surface area contributed by atoms with Crippen LogP contribution in [0.4, 0.5) is 0 Å². The molecule has 2 rings (SSSR count). The van der Waals surface area contributed by atoms with Crippen molar-refractivity contribution < 1.29 is 0 Å². The molecule has 15 heavy (non-hydrogen) atoms. The highest BCUT2D eigenvalue weighted by atomic mass is 15.1. The molecule has 82 valence electrons. The second-order valence-electron chi connectivity index (χ2n) is 4.36. The summed E-state index contributed by atoms with van der Waals surface area (Å²) >= 11 is 0. The number of aryl methyl sites for hydroxylation is 1. The van der Waals surface area contributed by atoms with Gasteiger partial charge in [0.1, 0.15) is 0 Å². The van der Waals surface area contributed by atoms with E-state index in [2.05, 4.69) is 28.8 Å². The molecule has 1 aromatic rings. The van der Waals surface area contributed by atoms with Crippen LogP contribution in [0.2, 0.25) is 0 Å². The molecule has 0 radical (unpaired) electrons. The largest absolute Gasteiger partial charge is 0.306 e. The van der Waals surface area contributed by atoms with E-state index >= 15 is 0 Å². The van der Waals surface area contributed by atoms with Crippen molar-refractivity contribution in [1.29, 1.82) is 0 Å². The Labute approximate surface area is 91.5 Å². The van der Waals surface area contributed by atoms with Crippen molar-refractivity contribution in [1.82, 2.24) is 14.9 Å². The molecule has 0 aliphatic carbocycles. The summed E-state index contributed by atoms with van der Waals surface area (Å²) < 4.78 is 0. The lowest BCUT2D eigenvalue weighted by Crippen LogP contribution is -2.29. The third-order valence-electron chi connectivity index (χ3n) is 3.22. The van der Waals surface area contributed by atoms with Gasteiger partial charge in [0.2, 0.25) is 0 Å². The second-order valence-corrected chi connectivity index (χ2v) is 4.36. The normalized spacial score (nSPS) is 19.3. The summed E-state index contributed by atoms with van der Waals surface area (Å²) in [5.74, 6) is 0.625. The third kappa shape index (κ3) is 2.53. The first kappa shape index (κ1) is 10.6. The van der Waals surface area contributed by atoms with E-state index < -0.39 is 0 Å². The van der Waals surface area contributed by atoms with E-state index in [0.29, 0.717) is 5.92 Å². The fraction of sp³-hybridized carbons (Fsp3) is 0.667. The number of nitrogens with zero attached hydrogens (tertiary/aromatic N) is 3. The lowest BCUT2D eigenvalue weighted by atomic mass is 9.94. The summed E-state index contributed by atoms with van der Waals surface area (Å²) in [4.78, 5) is 11.3. The van der Waals surface area contributed by atoms with Crippen LogP contribution < -0.4 is 0 Å². The lowest BCUT2D eigenvalue weighted by Gasteiger charge is -2.28. The van der Waals surface area contributed by atoms with Crippen molar-refractivity contribution in [3.63, 3.8) is 0 Å². The van der Waals surface area contributed by atoms with Gasteiger partial charge in [-0.3, -0.25) is 9.97 Å². The van der Waals surface area contributed by atoms with Crippen molar-refractivity contribution in [2.75, 3.05) is 20.1 Å². The van der Waals surface area contributed by atoms with E-state index in [0.717, 1.165) is 12.1 Å². The average Bonchev–Trinajstić information content (AvgIpc) is 2.30. The predicted molar refractivity (Wildman–Crippen MR) is 60.9 cm³/mol. The number of hydrogen-bond donors (Lipinski definition) is 0. The molecule has 3 nitrogen and oxygen atoms in total. The van der Waals surface area contributed by atoms with Gasteiger partial charge in [-0.25, -0.2) is 0 Å². The quantitative estimate of drug-likeness (QED) is 0.738. The van der Waals surface area contributed by atoms with Gasteiger partial charge >= 0.3 is 0 Å². The highest BCUT2D eigenvalue weighted by Gasteiger charge is 2.19. The average molecular weight is 205 g/mol.